The van der Waals surface area contributed by atoms with Gasteiger partial charge in [0.05, 0.1) is 27.8 Å². The van der Waals surface area contributed by atoms with Crippen molar-refractivity contribution in [3.05, 3.63) is 17.7 Å². The fourth-order valence-corrected chi connectivity index (χ4v) is 2.13. The van der Waals surface area contributed by atoms with E-state index in [-0.39, 0.29) is 12.3 Å². The molecule has 0 saturated carbocycles. The predicted molar refractivity (Wildman–Crippen MR) is 71.4 cm³/mol. The molecule has 0 aliphatic rings. The molecule has 1 unspecified atom stereocenters. The zero-order valence-electron chi connectivity index (χ0n) is 11.7. The van der Waals surface area contributed by atoms with Crippen molar-refractivity contribution in [1.29, 1.82) is 0 Å². The van der Waals surface area contributed by atoms with Gasteiger partial charge in [-0.15, -0.1) is 0 Å². The van der Waals surface area contributed by atoms with Crippen molar-refractivity contribution in [2.24, 2.45) is 0 Å². The van der Waals surface area contributed by atoms with Gasteiger partial charge in [0.2, 0.25) is 5.75 Å². The standard InChI is InChI=1S/C14H20O5/c1-5-9(8-12(15)16)10-6-7-11(17-2)14(19-4)13(10)18-3/h6-7,9H,5,8H2,1-4H3,(H,15,16). The van der Waals surface area contributed by atoms with Gasteiger partial charge in [0.1, 0.15) is 0 Å². The summed E-state index contributed by atoms with van der Waals surface area (Å²) in [7, 11) is 4.61. The second kappa shape index (κ2) is 6.87. The topological polar surface area (TPSA) is 65.0 Å². The molecular weight excluding hydrogens is 248 g/mol. The van der Waals surface area contributed by atoms with Crippen LogP contribution in [-0.4, -0.2) is 32.4 Å². The van der Waals surface area contributed by atoms with Gasteiger partial charge in [-0.25, -0.2) is 0 Å². The first kappa shape index (κ1) is 15.1. The van der Waals surface area contributed by atoms with Gasteiger partial charge in [-0.2, -0.15) is 0 Å². The number of carboxylic acid groups (broad SMARTS) is 1. The van der Waals surface area contributed by atoms with E-state index >= 15 is 0 Å². The van der Waals surface area contributed by atoms with Crippen LogP contribution < -0.4 is 14.2 Å². The SMILES string of the molecule is CCC(CC(=O)O)c1ccc(OC)c(OC)c1OC. The maximum atomic E-state index is 10.9. The molecule has 0 radical (unpaired) electrons. The van der Waals surface area contributed by atoms with E-state index in [9.17, 15) is 4.79 Å². The minimum Gasteiger partial charge on any atom is -0.493 e. The maximum Gasteiger partial charge on any atom is 0.303 e. The van der Waals surface area contributed by atoms with Crippen LogP contribution in [0.1, 0.15) is 31.2 Å². The quantitative estimate of drug-likeness (QED) is 0.823. The maximum absolute atomic E-state index is 10.9. The van der Waals surface area contributed by atoms with Gasteiger partial charge in [-0.05, 0) is 18.4 Å². The Labute approximate surface area is 113 Å². The molecule has 0 spiro atoms. The molecule has 5 heteroatoms. The highest BCUT2D eigenvalue weighted by molar-refractivity contribution is 5.69. The largest absolute Gasteiger partial charge is 0.493 e. The summed E-state index contributed by atoms with van der Waals surface area (Å²) in [5, 5.41) is 8.97. The Kier molecular flexibility index (Phi) is 5.48. The number of carbonyl (C=O) groups is 1. The van der Waals surface area contributed by atoms with E-state index in [0.29, 0.717) is 23.7 Å². The molecule has 1 aromatic carbocycles. The first-order valence-corrected chi connectivity index (χ1v) is 6.09. The van der Waals surface area contributed by atoms with Gasteiger partial charge >= 0.3 is 5.97 Å². The van der Waals surface area contributed by atoms with Crippen molar-refractivity contribution in [3.8, 4) is 17.2 Å². The van der Waals surface area contributed by atoms with Crippen LogP contribution in [0.2, 0.25) is 0 Å². The normalized spacial score (nSPS) is 11.8. The number of rotatable bonds is 7. The van der Waals surface area contributed by atoms with Gasteiger partial charge in [0, 0.05) is 5.56 Å². The third-order valence-corrected chi connectivity index (χ3v) is 3.09. The van der Waals surface area contributed by atoms with E-state index in [0.717, 1.165) is 5.56 Å². The first-order chi connectivity index (χ1) is 9.08. The van der Waals surface area contributed by atoms with Crippen molar-refractivity contribution in [2.75, 3.05) is 21.3 Å². The molecule has 0 heterocycles. The summed E-state index contributed by atoms with van der Waals surface area (Å²) in [6.45, 7) is 1.95. The van der Waals surface area contributed by atoms with Crippen molar-refractivity contribution in [2.45, 2.75) is 25.7 Å². The van der Waals surface area contributed by atoms with E-state index in [1.54, 1.807) is 13.2 Å². The monoisotopic (exact) mass is 268 g/mol. The predicted octanol–water partition coefficient (Wildman–Crippen LogP) is 2.68. The van der Waals surface area contributed by atoms with Gasteiger partial charge in [-0.1, -0.05) is 13.0 Å². The van der Waals surface area contributed by atoms with Crippen LogP contribution in [0, 0.1) is 0 Å². The lowest BCUT2D eigenvalue weighted by molar-refractivity contribution is -0.137. The number of ether oxygens (including phenoxy) is 3. The molecule has 1 N–H and O–H groups in total. The minimum atomic E-state index is -0.830. The molecule has 0 saturated heterocycles. The Morgan fingerprint density at radius 3 is 2.21 bits per heavy atom. The molecule has 0 aliphatic carbocycles. The Hall–Kier alpha value is -1.91. The number of methoxy groups -OCH3 is 3. The third-order valence-electron chi connectivity index (χ3n) is 3.09. The molecule has 0 bridgehead atoms. The summed E-state index contributed by atoms with van der Waals surface area (Å²) >= 11 is 0. The van der Waals surface area contributed by atoms with Crippen molar-refractivity contribution in [1.82, 2.24) is 0 Å². The highest BCUT2D eigenvalue weighted by Crippen LogP contribution is 2.43. The number of carboxylic acids is 1. The van der Waals surface area contributed by atoms with E-state index in [4.69, 9.17) is 19.3 Å². The molecule has 19 heavy (non-hydrogen) atoms. The van der Waals surface area contributed by atoms with Crippen molar-refractivity contribution >= 4 is 5.97 Å². The molecule has 0 aliphatic heterocycles. The van der Waals surface area contributed by atoms with Crippen LogP contribution in [0.15, 0.2) is 12.1 Å². The molecule has 0 amide bonds. The first-order valence-electron chi connectivity index (χ1n) is 6.09. The van der Waals surface area contributed by atoms with Gasteiger partial charge < -0.3 is 19.3 Å². The summed E-state index contributed by atoms with van der Waals surface area (Å²) in [4.78, 5) is 10.9. The van der Waals surface area contributed by atoms with Gasteiger partial charge in [-0.3, -0.25) is 4.79 Å². The molecule has 0 fully saturated rings. The highest BCUT2D eigenvalue weighted by Gasteiger charge is 2.22. The average molecular weight is 268 g/mol. The lowest BCUT2D eigenvalue weighted by atomic mass is 9.92. The number of aliphatic carboxylic acids is 1. The summed E-state index contributed by atoms with van der Waals surface area (Å²) < 4.78 is 15.9. The van der Waals surface area contributed by atoms with Crippen LogP contribution in [-0.2, 0) is 4.79 Å². The lowest BCUT2D eigenvalue weighted by Gasteiger charge is -2.20. The molecular formula is C14H20O5. The number of hydrogen-bond donors (Lipinski definition) is 1. The summed E-state index contributed by atoms with van der Waals surface area (Å²) in [5.74, 6) is 0.644. The third kappa shape index (κ3) is 3.30. The molecule has 1 atom stereocenters. The van der Waals surface area contributed by atoms with E-state index in [2.05, 4.69) is 0 Å². The van der Waals surface area contributed by atoms with E-state index < -0.39 is 5.97 Å². The van der Waals surface area contributed by atoms with Crippen LogP contribution in [0.5, 0.6) is 17.2 Å². The van der Waals surface area contributed by atoms with Crippen LogP contribution >= 0.6 is 0 Å². The molecule has 0 aromatic heterocycles. The number of benzene rings is 1. The van der Waals surface area contributed by atoms with Crippen LogP contribution in [0.25, 0.3) is 0 Å². The molecule has 1 aromatic rings. The van der Waals surface area contributed by atoms with Crippen molar-refractivity contribution < 1.29 is 24.1 Å². The molecule has 1 rings (SSSR count). The van der Waals surface area contributed by atoms with E-state index in [1.165, 1.54) is 14.2 Å². The van der Waals surface area contributed by atoms with Crippen LogP contribution in [0.3, 0.4) is 0 Å². The molecule has 5 nitrogen and oxygen atoms in total. The van der Waals surface area contributed by atoms with Gasteiger partial charge in [0.15, 0.2) is 11.5 Å². The lowest BCUT2D eigenvalue weighted by Crippen LogP contribution is -2.08. The summed E-state index contributed by atoms with van der Waals surface area (Å²) in [5.41, 5.74) is 0.824. The highest BCUT2D eigenvalue weighted by atomic mass is 16.5. The Balaban J connectivity index is 3.29. The number of hydrogen-bond acceptors (Lipinski definition) is 4. The van der Waals surface area contributed by atoms with Crippen molar-refractivity contribution in [3.63, 3.8) is 0 Å². The second-order valence-electron chi connectivity index (χ2n) is 4.13. The van der Waals surface area contributed by atoms with Crippen LogP contribution in [0.4, 0.5) is 0 Å². The average Bonchev–Trinajstić information content (AvgIpc) is 2.42. The Bertz CT molecular complexity index is 442. The fraction of sp³-hybridized carbons (Fsp3) is 0.500. The minimum absolute atomic E-state index is 0.0579. The molecule has 106 valence electrons. The Morgan fingerprint density at radius 1 is 1.16 bits per heavy atom. The zero-order chi connectivity index (χ0) is 14.4. The zero-order valence-corrected chi connectivity index (χ0v) is 11.7. The smallest absolute Gasteiger partial charge is 0.303 e. The Morgan fingerprint density at radius 2 is 1.79 bits per heavy atom. The summed E-state index contributed by atoms with van der Waals surface area (Å²) in [6, 6.07) is 3.60. The second-order valence-corrected chi connectivity index (χ2v) is 4.13. The summed E-state index contributed by atoms with van der Waals surface area (Å²) in [6.07, 6.45) is 0.764. The van der Waals surface area contributed by atoms with E-state index in [1.807, 2.05) is 13.0 Å². The fourth-order valence-electron chi connectivity index (χ4n) is 2.13. The van der Waals surface area contributed by atoms with Gasteiger partial charge in [0.25, 0.3) is 0 Å².